The molecule has 2 bridgehead atoms. The van der Waals surface area contributed by atoms with E-state index in [1.54, 1.807) is 12.1 Å². The zero-order chi connectivity index (χ0) is 27.2. The van der Waals surface area contributed by atoms with Crippen molar-refractivity contribution in [2.24, 2.45) is 5.41 Å². The Kier molecular flexibility index (Phi) is 6.34. The van der Waals surface area contributed by atoms with Crippen molar-refractivity contribution in [3.8, 4) is 5.88 Å². The number of hydrogen-bond acceptors (Lipinski definition) is 5. The minimum Gasteiger partial charge on any atom is -0.478 e. The van der Waals surface area contributed by atoms with Crippen LogP contribution < -0.4 is 4.74 Å². The summed E-state index contributed by atoms with van der Waals surface area (Å²) in [6, 6.07) is 21.7. The Morgan fingerprint density at radius 3 is 2.45 bits per heavy atom. The van der Waals surface area contributed by atoms with E-state index in [1.807, 2.05) is 30.3 Å². The van der Waals surface area contributed by atoms with E-state index >= 15 is 0 Å². The molecule has 1 N–H and O–H groups in total. The predicted molar refractivity (Wildman–Crippen MR) is 152 cm³/mol. The lowest BCUT2D eigenvalue weighted by atomic mass is 9.52. The van der Waals surface area contributed by atoms with Gasteiger partial charge in [0, 0.05) is 24.5 Å². The molecule has 0 amide bonds. The molecule has 40 heavy (non-hydrogen) atoms. The zero-order valence-corrected chi connectivity index (χ0v) is 22.7. The monoisotopic (exact) mass is 537 g/mol. The van der Waals surface area contributed by atoms with E-state index in [4.69, 9.17) is 19.4 Å². The van der Waals surface area contributed by atoms with Crippen molar-refractivity contribution in [1.29, 1.82) is 0 Å². The quantitative estimate of drug-likeness (QED) is 0.268. The molecular weight excluding hydrogens is 502 g/mol. The van der Waals surface area contributed by atoms with E-state index in [-0.39, 0.29) is 16.9 Å². The number of carbonyl (C=O) groups is 1. The summed E-state index contributed by atoms with van der Waals surface area (Å²) in [5.74, 6) is 0.858. The van der Waals surface area contributed by atoms with Gasteiger partial charge in [-0.25, -0.2) is 14.8 Å². The lowest BCUT2D eigenvalue weighted by molar-refractivity contribution is -0.0594. The fraction of sp³-hybridized carbons (Fsp3) is 0.424. The van der Waals surface area contributed by atoms with Crippen LogP contribution in [0.1, 0.15) is 72.4 Å². The van der Waals surface area contributed by atoms with Crippen LogP contribution in [0, 0.1) is 5.41 Å². The van der Waals surface area contributed by atoms with Crippen molar-refractivity contribution in [3.05, 3.63) is 89.4 Å². The van der Waals surface area contributed by atoms with Gasteiger partial charge in [-0.2, -0.15) is 0 Å². The molecule has 7 nitrogen and oxygen atoms in total. The van der Waals surface area contributed by atoms with Gasteiger partial charge in [0.25, 0.3) is 0 Å². The summed E-state index contributed by atoms with van der Waals surface area (Å²) >= 11 is 0. The molecule has 4 aliphatic rings. The highest BCUT2D eigenvalue weighted by molar-refractivity contribution is 5.92. The van der Waals surface area contributed by atoms with Crippen molar-refractivity contribution in [2.45, 2.75) is 76.0 Å². The molecule has 3 heterocycles. The Hall–Kier alpha value is -3.71. The second-order valence-electron chi connectivity index (χ2n) is 12.0. The topological polar surface area (TPSA) is 86.5 Å². The highest BCUT2D eigenvalue weighted by atomic mass is 16.5. The Morgan fingerprint density at radius 1 is 0.975 bits per heavy atom. The van der Waals surface area contributed by atoms with Gasteiger partial charge in [-0.3, -0.25) is 0 Å². The molecule has 3 aliphatic carbocycles. The first-order valence-corrected chi connectivity index (χ1v) is 14.5. The molecular formula is C33H35N3O4. The second kappa shape index (κ2) is 10.0. The number of fused-ring (bicyclic) bond motifs is 4. The number of carboxylic acid groups (broad SMARTS) is 1. The van der Waals surface area contributed by atoms with Crippen LogP contribution >= 0.6 is 0 Å². The first kappa shape index (κ1) is 25.3. The average Bonchev–Trinajstić information content (AvgIpc) is 3.30. The van der Waals surface area contributed by atoms with E-state index in [1.165, 1.54) is 5.69 Å². The lowest BCUT2D eigenvalue weighted by Crippen LogP contribution is -2.46. The Labute approximate surface area is 234 Å². The number of aromatic nitrogens is 3. The molecule has 2 aromatic carbocycles. The van der Waals surface area contributed by atoms with Crippen molar-refractivity contribution >= 4 is 17.0 Å². The third-order valence-electron chi connectivity index (χ3n) is 9.69. The zero-order valence-electron chi connectivity index (χ0n) is 22.7. The number of aromatic carboxylic acids is 1. The average molecular weight is 538 g/mol. The van der Waals surface area contributed by atoms with Gasteiger partial charge in [-0.15, -0.1) is 0 Å². The lowest BCUT2D eigenvalue weighted by Gasteiger charge is -2.53. The van der Waals surface area contributed by atoms with E-state index in [9.17, 15) is 9.90 Å². The fourth-order valence-corrected chi connectivity index (χ4v) is 7.05. The molecule has 2 aromatic heterocycles. The van der Waals surface area contributed by atoms with Crippen LogP contribution in [0.4, 0.5) is 0 Å². The summed E-state index contributed by atoms with van der Waals surface area (Å²) in [7, 11) is 0. The molecule has 3 saturated carbocycles. The number of hydrogen-bond donors (Lipinski definition) is 1. The van der Waals surface area contributed by atoms with Gasteiger partial charge >= 0.3 is 5.97 Å². The van der Waals surface area contributed by atoms with Crippen molar-refractivity contribution in [2.75, 3.05) is 6.61 Å². The molecule has 0 unspecified atom stereocenters. The number of imidazole rings is 1. The van der Waals surface area contributed by atoms with Crippen molar-refractivity contribution in [3.63, 3.8) is 0 Å². The van der Waals surface area contributed by atoms with Crippen LogP contribution in [0.5, 0.6) is 5.88 Å². The Bertz CT molecular complexity index is 1520. The summed E-state index contributed by atoms with van der Waals surface area (Å²) in [5.41, 5.74) is 4.72. The largest absolute Gasteiger partial charge is 0.478 e. The van der Waals surface area contributed by atoms with Gasteiger partial charge in [0.05, 0.1) is 34.9 Å². The maximum absolute atomic E-state index is 11.7. The molecule has 4 fully saturated rings. The Morgan fingerprint density at radius 2 is 1.75 bits per heavy atom. The minimum absolute atomic E-state index is 0.115. The van der Waals surface area contributed by atoms with E-state index in [0.717, 1.165) is 86.9 Å². The summed E-state index contributed by atoms with van der Waals surface area (Å²) in [6.07, 6.45) is 8.93. The summed E-state index contributed by atoms with van der Waals surface area (Å²) in [4.78, 5) is 21.7. The first-order chi connectivity index (χ1) is 19.5. The number of ether oxygens (including phenoxy) is 2. The van der Waals surface area contributed by atoms with E-state index in [2.05, 4.69) is 28.8 Å². The van der Waals surface area contributed by atoms with Crippen LogP contribution in [0.25, 0.3) is 11.0 Å². The molecule has 1 atom stereocenters. The molecule has 1 saturated heterocycles. The van der Waals surface area contributed by atoms with E-state index < -0.39 is 5.97 Å². The number of nitrogens with zero attached hydrogens (tertiary/aromatic N) is 3. The SMILES string of the molecule is O=C(O)c1ccc2nc(CC34CCC(c5cccc(OCc6ccccc6)n5)(CC3)CC4)n(C[C@@H]3CCO3)c2c1. The van der Waals surface area contributed by atoms with Crippen LogP contribution in [0.15, 0.2) is 66.7 Å². The van der Waals surface area contributed by atoms with Gasteiger partial charge in [0.1, 0.15) is 12.4 Å². The molecule has 4 aromatic rings. The van der Waals surface area contributed by atoms with Gasteiger partial charge in [-0.1, -0.05) is 36.4 Å². The number of carboxylic acids is 1. The number of benzene rings is 2. The molecule has 1 aliphatic heterocycles. The highest BCUT2D eigenvalue weighted by Crippen LogP contribution is 2.58. The van der Waals surface area contributed by atoms with Gasteiger partial charge in [0.15, 0.2) is 0 Å². The molecule has 0 spiro atoms. The molecule has 0 radical (unpaired) electrons. The van der Waals surface area contributed by atoms with Crippen molar-refractivity contribution < 1.29 is 19.4 Å². The van der Waals surface area contributed by atoms with Crippen LogP contribution in [-0.4, -0.2) is 38.3 Å². The van der Waals surface area contributed by atoms with Crippen LogP contribution in [0.2, 0.25) is 0 Å². The van der Waals surface area contributed by atoms with Gasteiger partial charge < -0.3 is 19.1 Å². The van der Waals surface area contributed by atoms with Crippen molar-refractivity contribution in [1.82, 2.24) is 14.5 Å². The highest BCUT2D eigenvalue weighted by Gasteiger charge is 2.50. The summed E-state index contributed by atoms with van der Waals surface area (Å²) in [6.45, 7) is 2.05. The maximum Gasteiger partial charge on any atom is 0.335 e. The predicted octanol–water partition coefficient (Wildman–Crippen LogP) is 6.33. The third kappa shape index (κ3) is 4.66. The van der Waals surface area contributed by atoms with Crippen LogP contribution in [0.3, 0.4) is 0 Å². The molecule has 8 rings (SSSR count). The second-order valence-corrected chi connectivity index (χ2v) is 12.0. The smallest absolute Gasteiger partial charge is 0.335 e. The standard InChI is InChI=1S/C33H35N3O4/c37-31(38)24-9-10-26-27(19-24)36(21-25-11-18-39-25)29(34-26)20-32-12-15-33(16-13-32,17-14-32)28-7-4-8-30(35-28)40-22-23-5-2-1-3-6-23/h1-10,19,25H,11-18,20-22H2,(H,37,38)/t25-,32?,33?/m0/s1. The molecule has 7 heteroatoms. The number of pyridine rings is 1. The van der Waals surface area contributed by atoms with Gasteiger partial charge in [0.2, 0.25) is 5.88 Å². The normalized spacial score (nSPS) is 25.6. The van der Waals surface area contributed by atoms with E-state index in [0.29, 0.717) is 18.1 Å². The maximum atomic E-state index is 11.7. The first-order valence-electron chi connectivity index (χ1n) is 14.5. The van der Waals surface area contributed by atoms with Gasteiger partial charge in [-0.05, 0) is 80.2 Å². The fourth-order valence-electron chi connectivity index (χ4n) is 7.05. The summed E-state index contributed by atoms with van der Waals surface area (Å²) in [5, 5.41) is 9.58. The molecule has 206 valence electrons. The summed E-state index contributed by atoms with van der Waals surface area (Å²) < 4.78 is 14.1. The van der Waals surface area contributed by atoms with Crippen LogP contribution in [-0.2, 0) is 29.7 Å². The number of rotatable bonds is 9. The Balaban J connectivity index is 1.09. The third-order valence-corrected chi connectivity index (χ3v) is 9.69. The minimum atomic E-state index is -0.909.